The summed E-state index contributed by atoms with van der Waals surface area (Å²) < 4.78 is 0. The molecule has 2 aromatic rings. The first-order valence-corrected chi connectivity index (χ1v) is 8.35. The van der Waals surface area contributed by atoms with Gasteiger partial charge in [0, 0.05) is 31.6 Å². The first-order chi connectivity index (χ1) is 11.8. The molecule has 1 N–H and O–H groups in total. The van der Waals surface area contributed by atoms with Crippen LogP contribution in [0.15, 0.2) is 30.3 Å². The number of nitriles is 1. The summed E-state index contributed by atoms with van der Waals surface area (Å²) in [4.78, 5) is 20.8. The Morgan fingerprint density at radius 1 is 1.29 bits per heavy atom. The third-order valence-corrected chi connectivity index (χ3v) is 4.87. The van der Waals surface area contributed by atoms with Crippen LogP contribution in [-0.2, 0) is 0 Å². The molecule has 2 amide bonds. The van der Waals surface area contributed by atoms with Crippen molar-refractivity contribution in [2.75, 3.05) is 31.1 Å². The minimum absolute atomic E-state index is 0.0334. The highest BCUT2D eigenvalue weighted by molar-refractivity contribution is 5.86. The van der Waals surface area contributed by atoms with Crippen molar-refractivity contribution in [2.24, 2.45) is 0 Å². The Balaban J connectivity index is 1.64. The van der Waals surface area contributed by atoms with Gasteiger partial charge in [0.2, 0.25) is 0 Å². The maximum absolute atomic E-state index is 11.9. The summed E-state index contributed by atoms with van der Waals surface area (Å²) >= 11 is 0. The van der Waals surface area contributed by atoms with Crippen LogP contribution in [0.4, 0.5) is 10.6 Å². The number of rotatable bonds is 2. The van der Waals surface area contributed by atoms with Gasteiger partial charge in [-0.3, -0.25) is 0 Å². The lowest BCUT2D eigenvalue weighted by molar-refractivity contribution is 0.189. The first-order valence-electron chi connectivity index (χ1n) is 8.35. The standard InChI is InChI=1S/C18H19N5O/c19-11-13-10-17(21-16-6-2-1-5-15(13)16)22-8-3-4-14(12-22)23-9-7-20-18(23)24/h1-2,5-6,10,14H,3-4,7-9,12H2,(H,20,24)/t14-/m0/s1. The number of anilines is 1. The van der Waals surface area contributed by atoms with E-state index >= 15 is 0 Å². The summed E-state index contributed by atoms with van der Waals surface area (Å²) in [6, 6.07) is 12.1. The highest BCUT2D eigenvalue weighted by Gasteiger charge is 2.31. The Bertz CT molecular complexity index is 828. The van der Waals surface area contributed by atoms with Crippen molar-refractivity contribution in [2.45, 2.75) is 18.9 Å². The van der Waals surface area contributed by atoms with E-state index in [0.29, 0.717) is 5.56 Å². The van der Waals surface area contributed by atoms with Crippen molar-refractivity contribution in [1.82, 2.24) is 15.2 Å². The summed E-state index contributed by atoms with van der Waals surface area (Å²) in [6.07, 6.45) is 2.04. The lowest BCUT2D eigenvalue weighted by Crippen LogP contribution is -2.49. The van der Waals surface area contributed by atoms with Crippen LogP contribution >= 0.6 is 0 Å². The van der Waals surface area contributed by atoms with Gasteiger partial charge >= 0.3 is 6.03 Å². The molecule has 1 aromatic carbocycles. The highest BCUT2D eigenvalue weighted by Crippen LogP contribution is 2.26. The van der Waals surface area contributed by atoms with Gasteiger partial charge < -0.3 is 15.1 Å². The third kappa shape index (κ3) is 2.52. The zero-order chi connectivity index (χ0) is 16.5. The molecule has 2 aliphatic heterocycles. The second-order valence-corrected chi connectivity index (χ2v) is 6.32. The second kappa shape index (κ2) is 6.00. The van der Waals surface area contributed by atoms with Gasteiger partial charge in [0.15, 0.2) is 0 Å². The van der Waals surface area contributed by atoms with E-state index in [9.17, 15) is 10.1 Å². The molecule has 1 atom stereocenters. The van der Waals surface area contributed by atoms with E-state index in [1.54, 1.807) is 0 Å². The monoisotopic (exact) mass is 321 g/mol. The summed E-state index contributed by atoms with van der Waals surface area (Å²) in [6.45, 7) is 3.17. The molecule has 6 nitrogen and oxygen atoms in total. The smallest absolute Gasteiger partial charge is 0.317 e. The maximum Gasteiger partial charge on any atom is 0.317 e. The van der Waals surface area contributed by atoms with Gasteiger partial charge in [-0.1, -0.05) is 18.2 Å². The van der Waals surface area contributed by atoms with Crippen molar-refractivity contribution in [3.8, 4) is 6.07 Å². The first kappa shape index (κ1) is 14.8. The number of benzene rings is 1. The normalized spacial score (nSPS) is 21.0. The van der Waals surface area contributed by atoms with Gasteiger partial charge in [-0.2, -0.15) is 5.26 Å². The Labute approximate surface area is 140 Å². The molecule has 0 radical (unpaired) electrons. The van der Waals surface area contributed by atoms with Gasteiger partial charge in [0.05, 0.1) is 23.2 Å². The SMILES string of the molecule is N#Cc1cc(N2CCC[C@H](N3CCNC3=O)C2)nc2ccccc12. The number of nitrogens with one attached hydrogen (secondary N) is 1. The zero-order valence-electron chi connectivity index (χ0n) is 13.4. The molecule has 1 aromatic heterocycles. The average Bonchev–Trinajstić information content (AvgIpc) is 3.07. The molecule has 4 rings (SSSR count). The molecule has 0 saturated carbocycles. The predicted molar refractivity (Wildman–Crippen MR) is 91.8 cm³/mol. The van der Waals surface area contributed by atoms with Gasteiger partial charge in [-0.05, 0) is 25.0 Å². The van der Waals surface area contributed by atoms with Gasteiger partial charge in [-0.15, -0.1) is 0 Å². The lowest BCUT2D eigenvalue weighted by atomic mass is 10.0. The van der Waals surface area contributed by atoms with Crippen molar-refractivity contribution in [1.29, 1.82) is 5.26 Å². The van der Waals surface area contributed by atoms with Crippen molar-refractivity contribution >= 4 is 22.8 Å². The fourth-order valence-electron chi connectivity index (χ4n) is 3.67. The number of hydrogen-bond acceptors (Lipinski definition) is 4. The van der Waals surface area contributed by atoms with E-state index in [-0.39, 0.29) is 12.1 Å². The van der Waals surface area contributed by atoms with E-state index in [1.165, 1.54) is 0 Å². The Morgan fingerprint density at radius 3 is 2.96 bits per heavy atom. The van der Waals surface area contributed by atoms with Crippen molar-refractivity contribution in [3.63, 3.8) is 0 Å². The number of pyridine rings is 1. The van der Waals surface area contributed by atoms with E-state index < -0.39 is 0 Å². The molecular weight excluding hydrogens is 302 g/mol. The average molecular weight is 321 g/mol. The van der Waals surface area contributed by atoms with Crippen LogP contribution in [0.5, 0.6) is 0 Å². The number of nitrogens with zero attached hydrogens (tertiary/aromatic N) is 4. The lowest BCUT2D eigenvalue weighted by Gasteiger charge is -2.37. The number of aromatic nitrogens is 1. The predicted octanol–water partition coefficient (Wildman–Crippen LogP) is 2.10. The van der Waals surface area contributed by atoms with E-state index in [4.69, 9.17) is 4.98 Å². The summed E-state index contributed by atoms with van der Waals surface area (Å²) in [5.74, 6) is 0.828. The van der Waals surface area contributed by atoms with Gasteiger partial charge in [0.25, 0.3) is 0 Å². The van der Waals surface area contributed by atoms with Crippen LogP contribution in [0.25, 0.3) is 10.9 Å². The number of hydrogen-bond donors (Lipinski definition) is 1. The fraction of sp³-hybridized carbons (Fsp3) is 0.389. The maximum atomic E-state index is 11.9. The second-order valence-electron chi connectivity index (χ2n) is 6.32. The van der Waals surface area contributed by atoms with Crippen LogP contribution in [0.1, 0.15) is 18.4 Å². The van der Waals surface area contributed by atoms with Crippen LogP contribution in [0.2, 0.25) is 0 Å². The molecule has 122 valence electrons. The molecule has 6 heteroatoms. The number of carbonyl (C=O) groups is 1. The Hall–Kier alpha value is -2.81. The molecule has 0 aliphatic carbocycles. The molecule has 3 heterocycles. The van der Waals surface area contributed by atoms with Gasteiger partial charge in [-0.25, -0.2) is 9.78 Å². The van der Waals surface area contributed by atoms with Crippen LogP contribution < -0.4 is 10.2 Å². The molecule has 2 aliphatic rings. The van der Waals surface area contributed by atoms with Crippen LogP contribution in [-0.4, -0.2) is 48.1 Å². The summed E-state index contributed by atoms with van der Waals surface area (Å²) in [5.41, 5.74) is 1.49. The molecule has 0 spiro atoms. The summed E-state index contributed by atoms with van der Waals surface area (Å²) in [7, 11) is 0. The fourth-order valence-corrected chi connectivity index (χ4v) is 3.67. The minimum Gasteiger partial charge on any atom is -0.354 e. The molecule has 0 unspecified atom stereocenters. The number of fused-ring (bicyclic) bond motifs is 1. The number of para-hydroxylation sites is 1. The number of carbonyl (C=O) groups excluding carboxylic acids is 1. The largest absolute Gasteiger partial charge is 0.354 e. The quantitative estimate of drug-likeness (QED) is 0.919. The third-order valence-electron chi connectivity index (χ3n) is 4.87. The highest BCUT2D eigenvalue weighted by atomic mass is 16.2. The number of amides is 2. The number of piperidine rings is 1. The van der Waals surface area contributed by atoms with Crippen molar-refractivity contribution < 1.29 is 4.79 Å². The topological polar surface area (TPSA) is 72.3 Å². The Morgan fingerprint density at radius 2 is 2.17 bits per heavy atom. The van der Waals surface area contributed by atoms with E-state index in [2.05, 4.69) is 16.3 Å². The summed E-state index contributed by atoms with van der Waals surface area (Å²) in [5, 5.41) is 13.2. The minimum atomic E-state index is 0.0334. The Kier molecular flexibility index (Phi) is 3.69. The molecular formula is C18H19N5O. The van der Waals surface area contributed by atoms with Crippen molar-refractivity contribution in [3.05, 3.63) is 35.9 Å². The zero-order valence-corrected chi connectivity index (χ0v) is 13.4. The van der Waals surface area contributed by atoms with Crippen LogP contribution in [0, 0.1) is 11.3 Å². The molecule has 2 saturated heterocycles. The molecule has 2 fully saturated rings. The molecule has 0 bridgehead atoms. The number of urea groups is 1. The van der Waals surface area contributed by atoms with Crippen LogP contribution in [0.3, 0.4) is 0 Å². The van der Waals surface area contributed by atoms with E-state index in [0.717, 1.165) is 55.7 Å². The van der Waals surface area contributed by atoms with E-state index in [1.807, 2.05) is 35.2 Å². The molecule has 24 heavy (non-hydrogen) atoms. The van der Waals surface area contributed by atoms with Gasteiger partial charge in [0.1, 0.15) is 5.82 Å².